The van der Waals surface area contributed by atoms with Gasteiger partial charge in [-0.2, -0.15) is 4.31 Å². The number of halogens is 1. The number of carbonyl (C=O) groups excluding carboxylic acids is 2. The summed E-state index contributed by atoms with van der Waals surface area (Å²) in [6.45, 7) is 0.794. The number of nitrogens with zero attached hydrogens (tertiary/aromatic N) is 1. The number of morpholine rings is 1. The molecule has 0 unspecified atom stereocenters. The van der Waals surface area contributed by atoms with Gasteiger partial charge in [0.2, 0.25) is 10.0 Å². The average molecular weight is 439 g/mol. The summed E-state index contributed by atoms with van der Waals surface area (Å²) in [5, 5.41) is 3.11. The Morgan fingerprint density at radius 2 is 1.66 bits per heavy atom. The van der Waals surface area contributed by atoms with Gasteiger partial charge < -0.3 is 14.8 Å². The molecule has 1 fully saturated rings. The van der Waals surface area contributed by atoms with Gasteiger partial charge in [-0.15, -0.1) is 0 Å². The first kappa shape index (κ1) is 21.3. The molecule has 2 aromatic carbocycles. The van der Waals surface area contributed by atoms with E-state index in [1.54, 1.807) is 24.3 Å². The van der Waals surface area contributed by atoms with E-state index < -0.39 is 28.5 Å². The third-order valence-electron chi connectivity index (χ3n) is 4.16. The van der Waals surface area contributed by atoms with Gasteiger partial charge in [0.15, 0.2) is 6.61 Å². The molecule has 0 spiro atoms. The van der Waals surface area contributed by atoms with Crippen molar-refractivity contribution < 1.29 is 27.5 Å². The van der Waals surface area contributed by atoms with E-state index in [2.05, 4.69) is 5.32 Å². The highest BCUT2D eigenvalue weighted by atomic mass is 35.5. The van der Waals surface area contributed by atoms with Crippen LogP contribution in [0, 0.1) is 0 Å². The average Bonchev–Trinajstić information content (AvgIpc) is 2.74. The van der Waals surface area contributed by atoms with Gasteiger partial charge in [0.25, 0.3) is 5.91 Å². The summed E-state index contributed by atoms with van der Waals surface area (Å²) in [4.78, 5) is 24.1. The molecule has 0 saturated carbocycles. The molecule has 1 amide bonds. The first-order valence-corrected chi connectivity index (χ1v) is 10.6. The van der Waals surface area contributed by atoms with Gasteiger partial charge in [0.05, 0.1) is 23.7 Å². The number of hydrogen-bond donors (Lipinski definition) is 1. The van der Waals surface area contributed by atoms with E-state index in [1.807, 2.05) is 0 Å². The maximum Gasteiger partial charge on any atom is 0.338 e. The van der Waals surface area contributed by atoms with Crippen LogP contribution in [0.5, 0.6) is 0 Å². The molecule has 3 rings (SSSR count). The molecule has 29 heavy (non-hydrogen) atoms. The third-order valence-corrected chi connectivity index (χ3v) is 6.33. The van der Waals surface area contributed by atoms with Gasteiger partial charge in [-0.1, -0.05) is 11.6 Å². The number of carbonyl (C=O) groups is 2. The molecule has 0 atom stereocenters. The minimum absolute atomic E-state index is 0.0800. The van der Waals surface area contributed by atoms with Crippen LogP contribution in [0.2, 0.25) is 5.02 Å². The molecule has 0 aliphatic carbocycles. The number of esters is 1. The zero-order chi connectivity index (χ0) is 20.9. The van der Waals surface area contributed by atoms with Crippen molar-refractivity contribution in [2.24, 2.45) is 0 Å². The standard InChI is InChI=1S/C19H19ClN2O6S/c20-15-3-5-16(6-4-15)21-18(23)13-28-19(24)14-1-7-17(8-2-14)29(25,26)22-9-11-27-12-10-22/h1-8H,9-13H2,(H,21,23). The van der Waals surface area contributed by atoms with E-state index in [0.717, 1.165) is 0 Å². The molecule has 2 aromatic rings. The van der Waals surface area contributed by atoms with Crippen LogP contribution < -0.4 is 5.32 Å². The van der Waals surface area contributed by atoms with E-state index in [4.69, 9.17) is 21.1 Å². The zero-order valence-corrected chi connectivity index (χ0v) is 16.9. The van der Waals surface area contributed by atoms with Crippen LogP contribution in [0.1, 0.15) is 10.4 Å². The number of hydrogen-bond acceptors (Lipinski definition) is 6. The van der Waals surface area contributed by atoms with Crippen LogP contribution >= 0.6 is 11.6 Å². The monoisotopic (exact) mass is 438 g/mol. The van der Waals surface area contributed by atoms with Crippen molar-refractivity contribution in [3.63, 3.8) is 0 Å². The van der Waals surface area contributed by atoms with Crippen LogP contribution in [0.4, 0.5) is 5.69 Å². The smallest absolute Gasteiger partial charge is 0.338 e. The van der Waals surface area contributed by atoms with Crippen molar-refractivity contribution in [2.75, 3.05) is 38.2 Å². The number of sulfonamides is 1. The summed E-state index contributed by atoms with van der Waals surface area (Å²) < 4.78 is 36.6. The van der Waals surface area contributed by atoms with Gasteiger partial charge in [-0.05, 0) is 48.5 Å². The quantitative estimate of drug-likeness (QED) is 0.693. The van der Waals surface area contributed by atoms with Crippen molar-refractivity contribution >= 4 is 39.2 Å². The highest BCUT2D eigenvalue weighted by Crippen LogP contribution is 2.18. The van der Waals surface area contributed by atoms with Crippen molar-refractivity contribution in [1.82, 2.24) is 4.31 Å². The van der Waals surface area contributed by atoms with E-state index >= 15 is 0 Å². The predicted molar refractivity (Wildman–Crippen MR) is 106 cm³/mol. The Balaban J connectivity index is 1.56. The normalized spacial score (nSPS) is 14.9. The Morgan fingerprint density at radius 3 is 2.28 bits per heavy atom. The van der Waals surface area contributed by atoms with Crippen LogP contribution in [-0.4, -0.2) is 57.5 Å². The fourth-order valence-corrected chi connectivity index (χ4v) is 4.18. The Bertz CT molecular complexity index is 971. The molecule has 0 aromatic heterocycles. The van der Waals surface area contributed by atoms with E-state index in [1.165, 1.54) is 28.6 Å². The summed E-state index contributed by atoms with van der Waals surface area (Å²) >= 11 is 5.77. The van der Waals surface area contributed by atoms with Crippen molar-refractivity contribution in [2.45, 2.75) is 4.90 Å². The lowest BCUT2D eigenvalue weighted by atomic mass is 10.2. The number of nitrogens with one attached hydrogen (secondary N) is 1. The number of ether oxygens (including phenoxy) is 2. The summed E-state index contributed by atoms with van der Waals surface area (Å²) in [5.74, 6) is -1.24. The number of rotatable bonds is 6. The minimum atomic E-state index is -3.64. The number of anilines is 1. The maximum absolute atomic E-state index is 12.6. The third kappa shape index (κ3) is 5.54. The number of benzene rings is 2. The highest BCUT2D eigenvalue weighted by Gasteiger charge is 2.26. The fourth-order valence-electron chi connectivity index (χ4n) is 2.64. The highest BCUT2D eigenvalue weighted by molar-refractivity contribution is 7.89. The molecule has 1 aliphatic rings. The Morgan fingerprint density at radius 1 is 1.03 bits per heavy atom. The lowest BCUT2D eigenvalue weighted by Gasteiger charge is -2.26. The Kier molecular flexibility index (Phi) is 6.86. The first-order valence-electron chi connectivity index (χ1n) is 8.77. The van der Waals surface area contributed by atoms with Crippen molar-refractivity contribution in [3.8, 4) is 0 Å². The molecule has 8 nitrogen and oxygen atoms in total. The molecule has 0 bridgehead atoms. The molecule has 1 saturated heterocycles. The largest absolute Gasteiger partial charge is 0.452 e. The molecular weight excluding hydrogens is 420 g/mol. The predicted octanol–water partition coefficient (Wildman–Crippen LogP) is 2.16. The van der Waals surface area contributed by atoms with Gasteiger partial charge in [-0.25, -0.2) is 13.2 Å². The second kappa shape index (κ2) is 9.36. The first-order chi connectivity index (χ1) is 13.9. The summed E-state index contributed by atoms with van der Waals surface area (Å²) in [5.41, 5.74) is 0.665. The second-order valence-corrected chi connectivity index (χ2v) is 8.55. The van der Waals surface area contributed by atoms with E-state index in [0.29, 0.717) is 23.9 Å². The van der Waals surface area contributed by atoms with Crippen LogP contribution in [0.25, 0.3) is 0 Å². The summed E-state index contributed by atoms with van der Waals surface area (Å²) in [6, 6.07) is 11.9. The zero-order valence-electron chi connectivity index (χ0n) is 15.3. The minimum Gasteiger partial charge on any atom is -0.452 e. The lowest BCUT2D eigenvalue weighted by Crippen LogP contribution is -2.40. The van der Waals surface area contributed by atoms with Gasteiger partial charge >= 0.3 is 5.97 Å². The van der Waals surface area contributed by atoms with Gasteiger partial charge in [0, 0.05) is 23.8 Å². The Hall–Kier alpha value is -2.46. The van der Waals surface area contributed by atoms with Crippen LogP contribution in [0.3, 0.4) is 0 Å². The maximum atomic E-state index is 12.6. The molecular formula is C19H19ClN2O6S. The van der Waals surface area contributed by atoms with Crippen LogP contribution in [-0.2, 0) is 24.3 Å². The van der Waals surface area contributed by atoms with Gasteiger partial charge in [0.1, 0.15) is 0 Å². The molecule has 1 heterocycles. The van der Waals surface area contributed by atoms with Crippen molar-refractivity contribution in [1.29, 1.82) is 0 Å². The topological polar surface area (TPSA) is 102 Å². The lowest BCUT2D eigenvalue weighted by molar-refractivity contribution is -0.119. The molecule has 0 radical (unpaired) electrons. The van der Waals surface area contributed by atoms with E-state index in [-0.39, 0.29) is 23.5 Å². The molecule has 10 heteroatoms. The second-order valence-electron chi connectivity index (χ2n) is 6.17. The number of amides is 1. The fraction of sp³-hybridized carbons (Fsp3) is 0.263. The Labute approximate surface area is 173 Å². The summed E-state index contributed by atoms with van der Waals surface area (Å²) in [6.07, 6.45) is 0. The summed E-state index contributed by atoms with van der Waals surface area (Å²) in [7, 11) is -3.64. The molecule has 154 valence electrons. The molecule has 1 aliphatic heterocycles. The van der Waals surface area contributed by atoms with E-state index in [9.17, 15) is 18.0 Å². The SMILES string of the molecule is O=C(COC(=O)c1ccc(S(=O)(=O)N2CCOCC2)cc1)Nc1ccc(Cl)cc1. The van der Waals surface area contributed by atoms with Gasteiger partial charge in [-0.3, -0.25) is 4.79 Å². The molecule has 1 N–H and O–H groups in total. The van der Waals surface area contributed by atoms with Crippen LogP contribution in [0.15, 0.2) is 53.4 Å². The van der Waals surface area contributed by atoms with Crippen molar-refractivity contribution in [3.05, 3.63) is 59.1 Å².